The highest BCUT2D eigenvalue weighted by molar-refractivity contribution is 14.1. The van der Waals surface area contributed by atoms with Gasteiger partial charge in [-0.3, -0.25) is 0 Å². The van der Waals surface area contributed by atoms with Crippen LogP contribution in [0.1, 0.15) is 16.7 Å². The van der Waals surface area contributed by atoms with Crippen LogP contribution in [-0.4, -0.2) is 19.0 Å². The fraction of sp³-hybridized carbons (Fsp3) is 0.0833. The van der Waals surface area contributed by atoms with Crippen LogP contribution in [0.3, 0.4) is 0 Å². The molecule has 3 aromatic carbocycles. The second kappa shape index (κ2) is 10.6. The molecule has 0 fully saturated rings. The summed E-state index contributed by atoms with van der Waals surface area (Å²) in [6, 6.07) is 16.7. The molecule has 3 aromatic rings. The van der Waals surface area contributed by atoms with E-state index in [2.05, 4.69) is 59.4 Å². The van der Waals surface area contributed by atoms with Crippen molar-refractivity contribution in [2.24, 2.45) is 4.99 Å². The summed E-state index contributed by atoms with van der Waals surface area (Å²) in [6.45, 7) is 0.345. The second-order valence-electron chi connectivity index (χ2n) is 6.91. The number of hydrogen-bond donors (Lipinski definition) is 0. The first-order chi connectivity index (χ1) is 15.8. The van der Waals surface area contributed by atoms with Crippen molar-refractivity contribution >= 4 is 84.0 Å². The Balaban J connectivity index is 1.59. The van der Waals surface area contributed by atoms with Gasteiger partial charge in [0.2, 0.25) is 5.90 Å². The number of cyclic esters (lactones) is 1. The van der Waals surface area contributed by atoms with Crippen LogP contribution in [0.25, 0.3) is 6.08 Å². The first-order valence-electron chi connectivity index (χ1n) is 9.57. The second-order valence-corrected chi connectivity index (χ2v) is 10.2. The minimum absolute atomic E-state index is 0.198. The molecule has 1 aliphatic heterocycles. The molecule has 0 unspecified atom stereocenters. The van der Waals surface area contributed by atoms with Crippen LogP contribution in [0.4, 0.5) is 0 Å². The fourth-order valence-corrected chi connectivity index (χ4v) is 4.43. The average molecular weight is 704 g/mol. The van der Waals surface area contributed by atoms with E-state index < -0.39 is 5.97 Å². The maximum Gasteiger partial charge on any atom is 0.363 e. The molecule has 0 saturated heterocycles. The lowest BCUT2D eigenvalue weighted by Crippen LogP contribution is -2.05. The number of carbonyl (C=O) groups is 1. The Morgan fingerprint density at radius 1 is 1.09 bits per heavy atom. The Bertz CT molecular complexity index is 1290. The van der Waals surface area contributed by atoms with E-state index in [1.54, 1.807) is 19.3 Å². The highest BCUT2D eigenvalue weighted by atomic mass is 127. The quantitative estimate of drug-likeness (QED) is 0.153. The maximum absolute atomic E-state index is 12.4. The minimum atomic E-state index is -0.516. The van der Waals surface area contributed by atoms with Crippen LogP contribution in [0.2, 0.25) is 5.02 Å². The zero-order valence-corrected chi connectivity index (χ0v) is 23.2. The van der Waals surface area contributed by atoms with Crippen molar-refractivity contribution < 1.29 is 19.0 Å². The van der Waals surface area contributed by atoms with Gasteiger partial charge < -0.3 is 14.2 Å². The number of esters is 1. The van der Waals surface area contributed by atoms with Gasteiger partial charge in [-0.25, -0.2) is 9.79 Å². The lowest BCUT2D eigenvalue weighted by Gasteiger charge is -2.14. The van der Waals surface area contributed by atoms with Crippen LogP contribution in [0.15, 0.2) is 74.2 Å². The number of carbonyl (C=O) groups excluding carboxylic acids is 1. The fourth-order valence-electron chi connectivity index (χ4n) is 3.02. The number of methoxy groups -OCH3 is 1. The van der Waals surface area contributed by atoms with E-state index in [4.69, 9.17) is 25.8 Å². The number of ether oxygens (including phenoxy) is 3. The summed E-state index contributed by atoms with van der Waals surface area (Å²) >= 11 is 15.2. The summed E-state index contributed by atoms with van der Waals surface area (Å²) in [5.41, 5.74) is 2.59. The van der Waals surface area contributed by atoms with Gasteiger partial charge in [-0.1, -0.05) is 23.7 Å². The van der Waals surface area contributed by atoms with Gasteiger partial charge in [0.1, 0.15) is 6.61 Å². The van der Waals surface area contributed by atoms with Crippen LogP contribution < -0.4 is 9.47 Å². The summed E-state index contributed by atoms with van der Waals surface area (Å²) < 4.78 is 19.5. The molecule has 0 radical (unpaired) electrons. The predicted molar refractivity (Wildman–Crippen MR) is 144 cm³/mol. The van der Waals surface area contributed by atoms with Gasteiger partial charge in [0, 0.05) is 18.6 Å². The van der Waals surface area contributed by atoms with Gasteiger partial charge in [-0.15, -0.1) is 0 Å². The van der Waals surface area contributed by atoms with Gasteiger partial charge >= 0.3 is 5.97 Å². The Labute approximate surface area is 226 Å². The molecular weight excluding hydrogens is 688 g/mol. The molecule has 0 N–H and O–H groups in total. The van der Waals surface area contributed by atoms with Crippen LogP contribution in [0, 0.1) is 3.57 Å². The minimum Gasteiger partial charge on any atom is -0.493 e. The van der Waals surface area contributed by atoms with Gasteiger partial charge in [0.05, 0.1) is 11.6 Å². The van der Waals surface area contributed by atoms with E-state index in [-0.39, 0.29) is 11.6 Å². The van der Waals surface area contributed by atoms with Crippen LogP contribution in [0.5, 0.6) is 11.5 Å². The lowest BCUT2D eigenvalue weighted by atomic mass is 10.1. The zero-order valence-electron chi connectivity index (χ0n) is 17.1. The molecule has 0 bridgehead atoms. The molecule has 0 aromatic heterocycles. The molecule has 1 heterocycles. The molecule has 168 valence electrons. The number of rotatable bonds is 6. The number of hydrogen-bond acceptors (Lipinski definition) is 5. The first-order valence-corrected chi connectivity index (χ1v) is 12.6. The number of nitrogens with zero attached hydrogens (tertiary/aromatic N) is 1. The first kappa shape index (κ1) is 24.3. The van der Waals surface area contributed by atoms with Crippen molar-refractivity contribution in [2.75, 3.05) is 7.11 Å². The molecule has 0 spiro atoms. The summed E-state index contributed by atoms with van der Waals surface area (Å²) in [6.07, 6.45) is 1.65. The van der Waals surface area contributed by atoms with Crippen molar-refractivity contribution in [3.63, 3.8) is 0 Å². The van der Waals surface area contributed by atoms with Crippen molar-refractivity contribution in [2.45, 2.75) is 6.61 Å². The Morgan fingerprint density at radius 3 is 2.55 bits per heavy atom. The van der Waals surface area contributed by atoms with Crippen LogP contribution in [-0.2, 0) is 16.1 Å². The van der Waals surface area contributed by atoms with Crippen molar-refractivity contribution in [1.82, 2.24) is 0 Å². The number of aliphatic imine (C=N–C) groups is 1. The van der Waals surface area contributed by atoms with E-state index in [1.165, 1.54) is 0 Å². The Morgan fingerprint density at radius 2 is 1.85 bits per heavy atom. The van der Waals surface area contributed by atoms with Gasteiger partial charge in [0.15, 0.2) is 17.2 Å². The largest absolute Gasteiger partial charge is 0.493 e. The number of benzene rings is 3. The highest BCUT2D eigenvalue weighted by Crippen LogP contribution is 2.38. The number of halogens is 4. The molecule has 0 saturated carbocycles. The third kappa shape index (κ3) is 5.79. The Hall–Kier alpha value is -1.88. The third-order valence-electron chi connectivity index (χ3n) is 4.64. The maximum atomic E-state index is 12.4. The zero-order chi connectivity index (χ0) is 23.5. The van der Waals surface area contributed by atoms with E-state index in [1.807, 2.05) is 48.5 Å². The molecular formula is C24H15Br2ClINO4. The lowest BCUT2D eigenvalue weighted by molar-refractivity contribution is -0.129. The van der Waals surface area contributed by atoms with E-state index in [0.29, 0.717) is 38.7 Å². The SMILES string of the molecule is COc1cc(/C=C2\N=C(c3ccc(I)c(Br)c3)OC2=O)cc(Br)c1OCc1ccc(Cl)cc1. The summed E-state index contributed by atoms with van der Waals surface area (Å²) in [5, 5.41) is 0.667. The molecule has 1 aliphatic rings. The molecule has 33 heavy (non-hydrogen) atoms. The summed E-state index contributed by atoms with van der Waals surface area (Å²) in [5.74, 6) is 0.814. The normalized spacial score (nSPS) is 14.3. The van der Waals surface area contributed by atoms with Crippen molar-refractivity contribution in [3.05, 3.63) is 94.5 Å². The monoisotopic (exact) mass is 701 g/mol. The van der Waals surface area contributed by atoms with Crippen molar-refractivity contribution in [1.29, 1.82) is 0 Å². The van der Waals surface area contributed by atoms with Crippen LogP contribution >= 0.6 is 66.1 Å². The van der Waals surface area contributed by atoms with Gasteiger partial charge in [-0.05, 0) is 114 Å². The van der Waals surface area contributed by atoms with E-state index >= 15 is 0 Å². The highest BCUT2D eigenvalue weighted by Gasteiger charge is 2.25. The standard InChI is InChI=1S/C24H15Br2ClINO4/c1-31-21-10-14(8-18(26)22(21)32-12-13-2-5-16(27)6-3-13)9-20-24(30)33-23(29-20)15-4-7-19(28)17(25)11-15/h2-11H,12H2,1H3/b20-9-. The van der Waals surface area contributed by atoms with E-state index in [0.717, 1.165) is 13.6 Å². The van der Waals surface area contributed by atoms with Gasteiger partial charge in [-0.2, -0.15) is 0 Å². The molecule has 0 amide bonds. The predicted octanol–water partition coefficient (Wildman–Crippen LogP) is 7.40. The van der Waals surface area contributed by atoms with E-state index in [9.17, 15) is 4.79 Å². The molecule has 0 atom stereocenters. The van der Waals surface area contributed by atoms with Crippen molar-refractivity contribution in [3.8, 4) is 11.5 Å². The molecule has 9 heteroatoms. The summed E-state index contributed by atoms with van der Waals surface area (Å²) in [4.78, 5) is 16.8. The molecule has 0 aliphatic carbocycles. The third-order valence-corrected chi connectivity index (χ3v) is 7.82. The average Bonchev–Trinajstić information content (AvgIpc) is 3.15. The topological polar surface area (TPSA) is 57.1 Å². The molecule has 4 rings (SSSR count). The summed E-state index contributed by atoms with van der Waals surface area (Å²) in [7, 11) is 1.56. The Kier molecular flexibility index (Phi) is 7.78. The molecule has 5 nitrogen and oxygen atoms in total. The van der Waals surface area contributed by atoms with Gasteiger partial charge in [0.25, 0.3) is 0 Å². The smallest absolute Gasteiger partial charge is 0.363 e.